The van der Waals surface area contributed by atoms with Crippen molar-refractivity contribution in [3.63, 3.8) is 0 Å². The lowest BCUT2D eigenvalue weighted by atomic mass is 9.76. The summed E-state index contributed by atoms with van der Waals surface area (Å²) in [7, 11) is -4.96. The molecular formula is C31H44N8O8S2. The molecule has 0 radical (unpaired) electrons. The number of β-lactam (4-membered cyclic amide) rings is 1. The number of anilines is 1. The normalized spacial score (nSPS) is 25.1. The summed E-state index contributed by atoms with van der Waals surface area (Å²) < 4.78 is 41.9. The molecule has 1 aromatic heterocycles. The van der Waals surface area contributed by atoms with Gasteiger partial charge < -0.3 is 32.1 Å². The molecule has 49 heavy (non-hydrogen) atoms. The maximum atomic E-state index is 13.4. The quantitative estimate of drug-likeness (QED) is 0.0736. The first kappa shape index (κ1) is 36.4. The zero-order valence-corrected chi connectivity index (χ0v) is 29.7. The standard InChI is InChI=1S/C31H44N8O8S2/c1-16(22-12-6-17-14-18(7-13-23(17)45-22)26(32)35-20-10-8-19(9-11-20)30(2,3)34)46-38-24(21-15-48-29(33)36-21)27(40)37-25-28(41)39(31(25,4)5)47-49(42,43)44/h7,13-16,19-20,22,25H,6,8-12,34H2,1-5H3,(H2,32,35)(H2,33,36)(H,37,40)(H,42,43,44)/b38-24-. The van der Waals surface area contributed by atoms with Crippen LogP contribution >= 0.6 is 11.3 Å². The summed E-state index contributed by atoms with van der Waals surface area (Å²) in [5.41, 5.74) is 18.7. The fourth-order valence-electron chi connectivity index (χ4n) is 6.34. The molecule has 3 unspecified atom stereocenters. The number of benzene rings is 1. The number of amidine groups is 1. The SMILES string of the molecule is CC(O/N=C(\C(=O)NC1C(=O)N(OS(=O)(=O)O)C1(C)C)c1csc(N)n1)C1CCc2cc(C(N)=NC3CCC(C(C)(C)N)CC3)ccc2O1. The molecule has 3 aliphatic rings. The van der Waals surface area contributed by atoms with Gasteiger partial charge in [0.25, 0.3) is 11.8 Å². The van der Waals surface area contributed by atoms with E-state index < -0.39 is 46.0 Å². The molecule has 16 nitrogen and oxygen atoms in total. The van der Waals surface area contributed by atoms with E-state index in [0.29, 0.717) is 35.4 Å². The maximum Gasteiger partial charge on any atom is 0.418 e. The van der Waals surface area contributed by atoms with Gasteiger partial charge in [-0.3, -0.25) is 19.1 Å². The molecule has 2 aliphatic heterocycles. The molecular weight excluding hydrogens is 677 g/mol. The van der Waals surface area contributed by atoms with Gasteiger partial charge in [-0.15, -0.1) is 15.6 Å². The number of hydroxylamine groups is 2. The van der Waals surface area contributed by atoms with E-state index in [1.807, 2.05) is 18.2 Å². The van der Waals surface area contributed by atoms with E-state index in [1.165, 1.54) is 19.2 Å². The highest BCUT2D eigenvalue weighted by Crippen LogP contribution is 2.35. The second-order valence-electron chi connectivity index (χ2n) is 13.9. The van der Waals surface area contributed by atoms with Gasteiger partial charge in [0.2, 0.25) is 0 Å². The van der Waals surface area contributed by atoms with Gasteiger partial charge in [0.15, 0.2) is 16.9 Å². The van der Waals surface area contributed by atoms with Crippen molar-refractivity contribution in [3.05, 3.63) is 40.4 Å². The first-order valence-electron chi connectivity index (χ1n) is 16.0. The Bertz CT molecular complexity index is 1750. The summed E-state index contributed by atoms with van der Waals surface area (Å²) >= 11 is 1.08. The summed E-state index contributed by atoms with van der Waals surface area (Å²) in [6.45, 7) is 8.80. The van der Waals surface area contributed by atoms with E-state index >= 15 is 0 Å². The second kappa shape index (κ2) is 13.8. The van der Waals surface area contributed by atoms with Crippen molar-refractivity contribution in [2.45, 2.75) is 109 Å². The van der Waals surface area contributed by atoms with Crippen LogP contribution in [0.15, 0.2) is 33.7 Å². The largest absolute Gasteiger partial charge is 0.486 e. The van der Waals surface area contributed by atoms with E-state index in [4.69, 9.17) is 36.3 Å². The fraction of sp³-hybridized carbons (Fsp3) is 0.581. The maximum absolute atomic E-state index is 13.4. The molecule has 1 aromatic carbocycles. The number of carbonyl (C=O) groups is 2. The minimum atomic E-state index is -4.96. The third-order valence-electron chi connectivity index (χ3n) is 9.34. The molecule has 5 rings (SSSR count). The van der Waals surface area contributed by atoms with Crippen LogP contribution in [-0.4, -0.2) is 81.7 Å². The number of aryl methyl sites for hydroxylation is 1. The third-order valence-corrected chi connectivity index (χ3v) is 10.3. The lowest BCUT2D eigenvalue weighted by molar-refractivity contribution is -0.218. The highest BCUT2D eigenvalue weighted by atomic mass is 32.3. The number of aliphatic imine (C=N–C) groups is 1. The molecule has 1 saturated carbocycles. The minimum absolute atomic E-state index is 0.112. The van der Waals surface area contributed by atoms with E-state index in [0.717, 1.165) is 48.1 Å². The van der Waals surface area contributed by atoms with Gasteiger partial charge in [-0.2, -0.15) is 13.5 Å². The van der Waals surface area contributed by atoms with E-state index in [-0.39, 0.29) is 28.1 Å². The number of fused-ring (bicyclic) bond motifs is 1. The molecule has 1 aliphatic carbocycles. The Kier molecular flexibility index (Phi) is 10.3. The first-order chi connectivity index (χ1) is 22.8. The van der Waals surface area contributed by atoms with Crippen LogP contribution in [-0.2, 0) is 35.5 Å². The molecule has 18 heteroatoms. The van der Waals surface area contributed by atoms with Crippen LogP contribution in [0.3, 0.4) is 0 Å². The van der Waals surface area contributed by atoms with Gasteiger partial charge in [-0.05, 0) is 103 Å². The Labute approximate surface area is 289 Å². The Hall–Kier alpha value is -3.84. The molecule has 0 bridgehead atoms. The number of nitrogens with zero attached hydrogens (tertiary/aromatic N) is 4. The summed E-state index contributed by atoms with van der Waals surface area (Å²) in [6, 6.07) is 4.73. The van der Waals surface area contributed by atoms with Crippen LogP contribution in [0.4, 0.5) is 5.13 Å². The first-order valence-corrected chi connectivity index (χ1v) is 18.3. The van der Waals surface area contributed by atoms with Crippen LogP contribution in [0.1, 0.15) is 83.5 Å². The van der Waals surface area contributed by atoms with Crippen molar-refractivity contribution in [3.8, 4) is 5.75 Å². The molecule has 8 N–H and O–H groups in total. The molecule has 3 heterocycles. The number of nitrogen functional groups attached to an aromatic ring is 1. The Morgan fingerprint density at radius 3 is 2.53 bits per heavy atom. The molecule has 3 atom stereocenters. The molecule has 2 amide bonds. The van der Waals surface area contributed by atoms with Crippen molar-refractivity contribution < 1.29 is 36.4 Å². The van der Waals surface area contributed by atoms with Crippen LogP contribution in [0.2, 0.25) is 0 Å². The lowest BCUT2D eigenvalue weighted by Gasteiger charge is -2.50. The van der Waals surface area contributed by atoms with E-state index in [9.17, 15) is 18.0 Å². The zero-order valence-electron chi connectivity index (χ0n) is 28.1. The summed E-state index contributed by atoms with van der Waals surface area (Å²) in [5.74, 6) is -0.0489. The number of hydrogen-bond donors (Lipinski definition) is 5. The van der Waals surface area contributed by atoms with Crippen molar-refractivity contribution in [2.75, 3.05) is 5.73 Å². The highest BCUT2D eigenvalue weighted by Gasteiger charge is 2.58. The number of nitrogens with one attached hydrogen (secondary N) is 1. The Balaban J connectivity index is 1.23. The lowest BCUT2D eigenvalue weighted by Crippen LogP contribution is -2.76. The van der Waals surface area contributed by atoms with Crippen LogP contribution in [0.25, 0.3) is 0 Å². The fourth-order valence-corrected chi connectivity index (χ4v) is 7.35. The number of carbonyl (C=O) groups excluding carboxylic acids is 2. The molecule has 0 spiro atoms. The van der Waals surface area contributed by atoms with E-state index in [1.54, 1.807) is 6.92 Å². The van der Waals surface area contributed by atoms with Gasteiger partial charge in [-0.25, -0.2) is 4.98 Å². The highest BCUT2D eigenvalue weighted by molar-refractivity contribution is 7.80. The minimum Gasteiger partial charge on any atom is -0.486 e. The molecule has 2 aromatic rings. The van der Waals surface area contributed by atoms with E-state index in [2.05, 4.69) is 33.6 Å². The summed E-state index contributed by atoms with van der Waals surface area (Å²) in [4.78, 5) is 40.7. The van der Waals surface area contributed by atoms with Gasteiger partial charge in [0, 0.05) is 16.5 Å². The number of oxime groups is 1. The Morgan fingerprint density at radius 1 is 1.24 bits per heavy atom. The van der Waals surface area contributed by atoms with Crippen molar-refractivity contribution in [2.24, 2.45) is 27.5 Å². The molecule has 1 saturated heterocycles. The summed E-state index contributed by atoms with van der Waals surface area (Å²) in [5, 5.41) is 8.75. The predicted octanol–water partition coefficient (Wildman–Crippen LogP) is 2.07. The van der Waals surface area contributed by atoms with Gasteiger partial charge >= 0.3 is 10.4 Å². The number of rotatable bonds is 11. The number of hydrogen-bond acceptors (Lipinski definition) is 13. The number of amides is 2. The second-order valence-corrected chi connectivity index (χ2v) is 15.8. The third kappa shape index (κ3) is 8.31. The van der Waals surface area contributed by atoms with Crippen molar-refractivity contribution in [1.29, 1.82) is 0 Å². The van der Waals surface area contributed by atoms with Gasteiger partial charge in [0.1, 0.15) is 29.4 Å². The smallest absolute Gasteiger partial charge is 0.418 e. The number of thiazole rings is 1. The van der Waals surface area contributed by atoms with Crippen LogP contribution < -0.4 is 27.3 Å². The van der Waals surface area contributed by atoms with Crippen molar-refractivity contribution in [1.82, 2.24) is 15.4 Å². The number of aromatic nitrogens is 1. The number of nitrogens with two attached hydrogens (primary N) is 3. The number of ether oxygens (including phenoxy) is 1. The average Bonchev–Trinajstić information content (AvgIpc) is 3.46. The van der Waals surface area contributed by atoms with Crippen LogP contribution in [0.5, 0.6) is 5.75 Å². The van der Waals surface area contributed by atoms with Gasteiger partial charge in [-0.1, -0.05) is 5.16 Å². The van der Waals surface area contributed by atoms with Crippen LogP contribution in [0, 0.1) is 5.92 Å². The molecule has 2 fully saturated rings. The Morgan fingerprint density at radius 2 is 1.94 bits per heavy atom. The van der Waals surface area contributed by atoms with Gasteiger partial charge in [0.05, 0.1) is 11.6 Å². The average molecular weight is 721 g/mol. The van der Waals surface area contributed by atoms with Crippen molar-refractivity contribution >= 4 is 50.2 Å². The zero-order chi connectivity index (χ0) is 35.9. The summed E-state index contributed by atoms with van der Waals surface area (Å²) in [6.07, 6.45) is 4.26. The topological polar surface area (TPSA) is 247 Å². The predicted molar refractivity (Wildman–Crippen MR) is 183 cm³/mol. The monoisotopic (exact) mass is 720 g/mol. The molecule has 268 valence electrons.